The second kappa shape index (κ2) is 9.95. The fourth-order valence-corrected chi connectivity index (χ4v) is 4.39. The molecule has 1 aliphatic heterocycles. The van der Waals surface area contributed by atoms with Gasteiger partial charge >= 0.3 is 0 Å². The van der Waals surface area contributed by atoms with Crippen molar-refractivity contribution in [2.24, 2.45) is 0 Å². The van der Waals surface area contributed by atoms with Crippen LogP contribution in [0.5, 0.6) is 0 Å². The summed E-state index contributed by atoms with van der Waals surface area (Å²) in [6.45, 7) is 4.50. The number of fused-ring (bicyclic) bond motifs is 1. The average Bonchev–Trinajstić information content (AvgIpc) is 3.38. The summed E-state index contributed by atoms with van der Waals surface area (Å²) < 4.78 is 13.1. The third-order valence-corrected chi connectivity index (χ3v) is 6.30. The zero-order chi connectivity index (χ0) is 22.8. The summed E-state index contributed by atoms with van der Waals surface area (Å²) in [4.78, 5) is 29.0. The molecular formula is C21H27ClN5O4P. The summed E-state index contributed by atoms with van der Waals surface area (Å²) in [7, 11) is -0.0760. The minimum absolute atomic E-state index is 0.0696. The van der Waals surface area contributed by atoms with Gasteiger partial charge in [0.05, 0.1) is 30.3 Å². The van der Waals surface area contributed by atoms with E-state index in [-0.39, 0.29) is 30.0 Å². The molecule has 0 aliphatic carbocycles. The highest BCUT2D eigenvalue weighted by molar-refractivity contribution is 7.44. The molecule has 0 bridgehead atoms. The van der Waals surface area contributed by atoms with Gasteiger partial charge in [-0.15, -0.1) is 0 Å². The summed E-state index contributed by atoms with van der Waals surface area (Å²) in [5.41, 5.74) is 3.00. The second-order valence-corrected chi connectivity index (χ2v) is 9.35. The van der Waals surface area contributed by atoms with E-state index in [1.807, 2.05) is 7.05 Å². The highest BCUT2D eigenvalue weighted by atomic mass is 35.5. The molecule has 3 atom stereocenters. The quantitative estimate of drug-likeness (QED) is 0.370. The molecule has 11 heteroatoms. The van der Waals surface area contributed by atoms with E-state index < -0.39 is 8.38 Å². The van der Waals surface area contributed by atoms with Crippen molar-refractivity contribution in [3.05, 3.63) is 46.9 Å². The second-order valence-electron chi connectivity index (χ2n) is 8.01. The summed E-state index contributed by atoms with van der Waals surface area (Å²) in [5.74, 6) is 0.706. The van der Waals surface area contributed by atoms with Crippen LogP contribution in [0.1, 0.15) is 43.2 Å². The number of aromatic nitrogens is 4. The number of halogens is 1. The number of rotatable bonds is 8. The lowest BCUT2D eigenvalue weighted by Crippen LogP contribution is -2.23. The van der Waals surface area contributed by atoms with Crippen LogP contribution in [0.25, 0.3) is 11.0 Å². The van der Waals surface area contributed by atoms with Gasteiger partial charge in [-0.3, -0.25) is 0 Å². The Kier molecular flexibility index (Phi) is 7.24. The SMILES string of the molecule is Cc1cccc(C(C)N(C)c2nc(Cl)nc3c2cnn3C2CCC(COCP(O)O)O2)c1. The van der Waals surface area contributed by atoms with E-state index in [0.717, 1.165) is 18.2 Å². The van der Waals surface area contributed by atoms with Crippen molar-refractivity contribution in [3.63, 3.8) is 0 Å². The molecule has 1 fully saturated rings. The Morgan fingerprint density at radius 1 is 1.34 bits per heavy atom. The summed E-state index contributed by atoms with van der Waals surface area (Å²) >= 11 is 6.31. The van der Waals surface area contributed by atoms with Gasteiger partial charge in [-0.05, 0) is 43.9 Å². The number of hydrogen-bond acceptors (Lipinski definition) is 8. The molecule has 0 spiro atoms. The highest BCUT2D eigenvalue weighted by Crippen LogP contribution is 2.35. The average molecular weight is 480 g/mol. The van der Waals surface area contributed by atoms with Gasteiger partial charge in [0, 0.05) is 7.05 Å². The number of benzene rings is 1. The topological polar surface area (TPSA) is 106 Å². The molecule has 0 amide bonds. The van der Waals surface area contributed by atoms with Gasteiger partial charge in [0.1, 0.15) is 12.2 Å². The van der Waals surface area contributed by atoms with E-state index in [2.05, 4.69) is 58.1 Å². The first-order valence-electron chi connectivity index (χ1n) is 10.4. The number of aryl methyl sites for hydroxylation is 1. The molecule has 3 aromatic rings. The van der Waals surface area contributed by atoms with Crippen molar-refractivity contribution in [2.45, 2.75) is 45.1 Å². The van der Waals surface area contributed by atoms with Crippen molar-refractivity contribution >= 4 is 36.8 Å². The molecule has 2 N–H and O–H groups in total. The predicted molar refractivity (Wildman–Crippen MR) is 124 cm³/mol. The van der Waals surface area contributed by atoms with Crippen LogP contribution in [-0.2, 0) is 9.47 Å². The third kappa shape index (κ3) is 5.03. The van der Waals surface area contributed by atoms with Crippen LogP contribution in [0.15, 0.2) is 30.5 Å². The van der Waals surface area contributed by atoms with Crippen LogP contribution in [-0.4, -0.2) is 55.6 Å². The molecule has 1 saturated heterocycles. The molecule has 1 aromatic carbocycles. The molecular weight excluding hydrogens is 453 g/mol. The van der Waals surface area contributed by atoms with E-state index in [4.69, 9.17) is 30.9 Å². The Balaban J connectivity index is 1.57. The Morgan fingerprint density at radius 3 is 2.91 bits per heavy atom. The Hall–Kier alpha value is -1.87. The van der Waals surface area contributed by atoms with Crippen molar-refractivity contribution in [3.8, 4) is 0 Å². The zero-order valence-corrected chi connectivity index (χ0v) is 19.9. The van der Waals surface area contributed by atoms with Gasteiger partial charge in [0.2, 0.25) is 5.28 Å². The third-order valence-electron chi connectivity index (χ3n) is 5.71. The standard InChI is InChI=1S/C21H27ClN5O4P/c1-13-5-4-6-15(9-13)14(2)26(3)19-17-10-23-27(20(17)25-21(22)24-19)18-8-7-16(31-18)11-30-12-32(28)29/h4-6,9-10,14,16,18,28-29H,7-8,11-12H2,1-3H3. The van der Waals surface area contributed by atoms with Gasteiger partial charge in [-0.1, -0.05) is 29.8 Å². The Bertz CT molecular complexity index is 1080. The van der Waals surface area contributed by atoms with E-state index in [1.165, 1.54) is 11.1 Å². The smallest absolute Gasteiger partial charge is 0.226 e. The Labute approximate surface area is 192 Å². The Morgan fingerprint density at radius 2 is 2.16 bits per heavy atom. The van der Waals surface area contributed by atoms with Crippen molar-refractivity contribution in [1.29, 1.82) is 0 Å². The number of hydrogen-bond donors (Lipinski definition) is 2. The van der Waals surface area contributed by atoms with Gasteiger partial charge in [0.25, 0.3) is 0 Å². The van der Waals surface area contributed by atoms with Crippen LogP contribution < -0.4 is 4.90 Å². The normalized spacial score (nSPS) is 19.7. The van der Waals surface area contributed by atoms with Gasteiger partial charge in [-0.2, -0.15) is 15.1 Å². The predicted octanol–water partition coefficient (Wildman–Crippen LogP) is 3.93. The first-order chi connectivity index (χ1) is 15.3. The molecule has 172 valence electrons. The monoisotopic (exact) mass is 479 g/mol. The number of nitrogens with zero attached hydrogens (tertiary/aromatic N) is 5. The summed E-state index contributed by atoms with van der Waals surface area (Å²) in [6.07, 6.45) is 2.74. The van der Waals surface area contributed by atoms with Crippen molar-refractivity contribution < 1.29 is 19.3 Å². The molecule has 4 rings (SSSR count). The molecule has 3 unspecified atom stereocenters. The van der Waals surface area contributed by atoms with Crippen LogP contribution in [0.2, 0.25) is 5.28 Å². The van der Waals surface area contributed by atoms with Gasteiger partial charge < -0.3 is 24.2 Å². The first-order valence-corrected chi connectivity index (χ1v) is 12.2. The highest BCUT2D eigenvalue weighted by Gasteiger charge is 2.30. The molecule has 32 heavy (non-hydrogen) atoms. The van der Waals surface area contributed by atoms with Crippen LogP contribution in [0, 0.1) is 6.92 Å². The van der Waals surface area contributed by atoms with E-state index in [1.54, 1.807) is 10.9 Å². The van der Waals surface area contributed by atoms with E-state index in [0.29, 0.717) is 18.1 Å². The van der Waals surface area contributed by atoms with E-state index >= 15 is 0 Å². The maximum Gasteiger partial charge on any atom is 0.226 e. The number of ether oxygens (including phenoxy) is 2. The molecule has 0 radical (unpaired) electrons. The van der Waals surface area contributed by atoms with Crippen molar-refractivity contribution in [1.82, 2.24) is 19.7 Å². The minimum Gasteiger partial charge on any atom is -0.369 e. The first kappa shape index (κ1) is 23.3. The molecule has 3 heterocycles. The van der Waals surface area contributed by atoms with Gasteiger partial charge in [-0.25, -0.2) is 4.68 Å². The maximum absolute atomic E-state index is 8.98. The molecule has 2 aromatic heterocycles. The minimum atomic E-state index is -2.06. The summed E-state index contributed by atoms with van der Waals surface area (Å²) in [5, 5.41) is 5.48. The van der Waals surface area contributed by atoms with Gasteiger partial charge in [0.15, 0.2) is 20.3 Å². The van der Waals surface area contributed by atoms with E-state index in [9.17, 15) is 0 Å². The summed E-state index contributed by atoms with van der Waals surface area (Å²) in [6, 6.07) is 8.46. The van der Waals surface area contributed by atoms with Crippen LogP contribution >= 0.6 is 20.0 Å². The maximum atomic E-state index is 8.98. The fourth-order valence-electron chi connectivity index (χ4n) is 3.96. The molecule has 1 aliphatic rings. The fraction of sp³-hybridized carbons (Fsp3) is 0.476. The lowest BCUT2D eigenvalue weighted by Gasteiger charge is -2.27. The van der Waals surface area contributed by atoms with Crippen molar-refractivity contribution in [2.75, 3.05) is 24.9 Å². The van der Waals surface area contributed by atoms with Crippen LogP contribution in [0.3, 0.4) is 0 Å². The number of anilines is 1. The molecule has 9 nitrogen and oxygen atoms in total. The van der Waals surface area contributed by atoms with Crippen LogP contribution in [0.4, 0.5) is 5.82 Å². The largest absolute Gasteiger partial charge is 0.369 e. The lowest BCUT2D eigenvalue weighted by atomic mass is 10.0. The lowest BCUT2D eigenvalue weighted by molar-refractivity contribution is -0.0384. The molecule has 0 saturated carbocycles. The zero-order valence-electron chi connectivity index (χ0n) is 18.2.